The second-order valence-corrected chi connectivity index (χ2v) is 3.88. The van der Waals surface area contributed by atoms with Gasteiger partial charge in [0.1, 0.15) is 10.3 Å². The van der Waals surface area contributed by atoms with Crippen LogP contribution in [0.2, 0.25) is 5.02 Å². The molecular formula is C8H4BrClN2O2. The van der Waals surface area contributed by atoms with E-state index in [2.05, 4.69) is 25.9 Å². The zero-order valence-electron chi connectivity index (χ0n) is 6.71. The molecule has 0 aliphatic heterocycles. The van der Waals surface area contributed by atoms with E-state index in [9.17, 15) is 4.79 Å². The minimum Gasteiger partial charge on any atom is -0.478 e. The van der Waals surface area contributed by atoms with Crippen LogP contribution >= 0.6 is 27.5 Å². The van der Waals surface area contributed by atoms with E-state index in [0.29, 0.717) is 20.7 Å². The summed E-state index contributed by atoms with van der Waals surface area (Å²) in [5.74, 6) is -1.03. The number of halogens is 2. The van der Waals surface area contributed by atoms with Crippen molar-refractivity contribution in [2.45, 2.75) is 0 Å². The summed E-state index contributed by atoms with van der Waals surface area (Å²) in [6.45, 7) is 0. The molecular weight excluding hydrogens is 271 g/mol. The number of pyridine rings is 1. The molecule has 2 heterocycles. The van der Waals surface area contributed by atoms with Gasteiger partial charge < -0.3 is 10.1 Å². The average Bonchev–Trinajstić information content (AvgIpc) is 2.47. The molecule has 72 valence electrons. The van der Waals surface area contributed by atoms with E-state index in [1.54, 1.807) is 6.07 Å². The number of carbonyl (C=O) groups is 1. The highest BCUT2D eigenvalue weighted by Gasteiger charge is 2.14. The van der Waals surface area contributed by atoms with E-state index in [4.69, 9.17) is 16.7 Å². The fraction of sp³-hybridized carbons (Fsp3) is 0. The number of aromatic nitrogens is 2. The third kappa shape index (κ3) is 1.38. The molecule has 0 unspecified atom stereocenters. The Morgan fingerprint density at radius 1 is 1.64 bits per heavy atom. The summed E-state index contributed by atoms with van der Waals surface area (Å²) in [7, 11) is 0. The SMILES string of the molecule is O=C(O)c1c[nH]c2nc(Br)cc(Cl)c12. The van der Waals surface area contributed by atoms with E-state index in [0.717, 1.165) is 0 Å². The van der Waals surface area contributed by atoms with Gasteiger partial charge in [-0.3, -0.25) is 0 Å². The van der Waals surface area contributed by atoms with Crippen molar-refractivity contribution in [3.8, 4) is 0 Å². The highest BCUT2D eigenvalue weighted by atomic mass is 79.9. The Labute approximate surface area is 92.0 Å². The average molecular weight is 275 g/mol. The minimum absolute atomic E-state index is 0.130. The smallest absolute Gasteiger partial charge is 0.337 e. The molecule has 0 amide bonds. The van der Waals surface area contributed by atoms with Crippen molar-refractivity contribution >= 4 is 44.5 Å². The summed E-state index contributed by atoms with van der Waals surface area (Å²) in [5.41, 5.74) is 0.590. The Hall–Kier alpha value is -1.07. The fourth-order valence-corrected chi connectivity index (χ4v) is 2.06. The first-order valence-electron chi connectivity index (χ1n) is 3.66. The largest absolute Gasteiger partial charge is 0.478 e. The number of aromatic carboxylic acids is 1. The van der Waals surface area contributed by atoms with Crippen molar-refractivity contribution in [3.63, 3.8) is 0 Å². The van der Waals surface area contributed by atoms with Crippen molar-refractivity contribution in [1.29, 1.82) is 0 Å². The Morgan fingerprint density at radius 3 is 3.00 bits per heavy atom. The van der Waals surface area contributed by atoms with E-state index in [1.165, 1.54) is 6.20 Å². The zero-order valence-corrected chi connectivity index (χ0v) is 9.06. The van der Waals surface area contributed by atoms with Crippen LogP contribution in [0, 0.1) is 0 Å². The Kier molecular flexibility index (Phi) is 2.20. The molecule has 2 N–H and O–H groups in total. The second-order valence-electron chi connectivity index (χ2n) is 2.66. The van der Waals surface area contributed by atoms with E-state index in [1.807, 2.05) is 0 Å². The predicted molar refractivity (Wildman–Crippen MR) is 55.8 cm³/mol. The van der Waals surface area contributed by atoms with Crippen LogP contribution < -0.4 is 0 Å². The molecule has 0 aromatic carbocycles. The third-order valence-electron chi connectivity index (χ3n) is 1.79. The predicted octanol–water partition coefficient (Wildman–Crippen LogP) is 2.68. The number of carboxylic acids is 1. The fourth-order valence-electron chi connectivity index (χ4n) is 1.23. The lowest BCUT2D eigenvalue weighted by Gasteiger charge is -1.96. The maximum absolute atomic E-state index is 10.8. The third-order valence-corrected chi connectivity index (χ3v) is 2.50. The Bertz CT molecular complexity index is 523. The molecule has 0 fully saturated rings. The van der Waals surface area contributed by atoms with Crippen LogP contribution in [0.25, 0.3) is 11.0 Å². The lowest BCUT2D eigenvalue weighted by molar-refractivity contribution is 0.0699. The van der Waals surface area contributed by atoms with Crippen molar-refractivity contribution in [3.05, 3.63) is 27.5 Å². The van der Waals surface area contributed by atoms with E-state index >= 15 is 0 Å². The highest BCUT2D eigenvalue weighted by Crippen LogP contribution is 2.27. The molecule has 0 saturated carbocycles. The van der Waals surface area contributed by atoms with Gasteiger partial charge in [0.15, 0.2) is 0 Å². The number of rotatable bonds is 1. The second kappa shape index (κ2) is 3.25. The topological polar surface area (TPSA) is 66.0 Å². The summed E-state index contributed by atoms with van der Waals surface area (Å²) in [5, 5.41) is 9.64. The number of nitrogens with one attached hydrogen (secondary N) is 1. The molecule has 0 aliphatic rings. The van der Waals surface area contributed by atoms with Crippen LogP contribution in [0.4, 0.5) is 0 Å². The van der Waals surface area contributed by atoms with Gasteiger partial charge in [0.2, 0.25) is 0 Å². The van der Waals surface area contributed by atoms with Crippen molar-refractivity contribution in [1.82, 2.24) is 9.97 Å². The number of aromatic amines is 1. The summed E-state index contributed by atoms with van der Waals surface area (Å²) in [6.07, 6.45) is 1.37. The summed E-state index contributed by atoms with van der Waals surface area (Å²) in [4.78, 5) is 17.6. The van der Waals surface area contributed by atoms with Gasteiger partial charge in [0, 0.05) is 6.20 Å². The number of nitrogens with zero attached hydrogens (tertiary/aromatic N) is 1. The highest BCUT2D eigenvalue weighted by molar-refractivity contribution is 9.10. The summed E-state index contributed by atoms with van der Waals surface area (Å²) < 4.78 is 0.564. The molecule has 14 heavy (non-hydrogen) atoms. The molecule has 2 aromatic heterocycles. The summed E-state index contributed by atoms with van der Waals surface area (Å²) >= 11 is 9.07. The molecule has 0 aliphatic carbocycles. The van der Waals surface area contributed by atoms with Gasteiger partial charge in [-0.15, -0.1) is 0 Å². The molecule has 0 radical (unpaired) electrons. The molecule has 0 atom stereocenters. The standard InChI is InChI=1S/C8H4BrClN2O2/c9-5-1-4(10)6-3(8(13)14)2-11-7(6)12-5/h1-2H,(H,11,12)(H,13,14). The van der Waals surface area contributed by atoms with Crippen molar-refractivity contribution < 1.29 is 9.90 Å². The van der Waals surface area contributed by atoms with Gasteiger partial charge in [0.25, 0.3) is 0 Å². The van der Waals surface area contributed by atoms with E-state index < -0.39 is 5.97 Å². The zero-order chi connectivity index (χ0) is 10.3. The van der Waals surface area contributed by atoms with Gasteiger partial charge in [-0.05, 0) is 22.0 Å². The van der Waals surface area contributed by atoms with Crippen molar-refractivity contribution in [2.24, 2.45) is 0 Å². The van der Waals surface area contributed by atoms with Gasteiger partial charge >= 0.3 is 5.97 Å². The van der Waals surface area contributed by atoms with Crippen LogP contribution in [0.5, 0.6) is 0 Å². The first-order chi connectivity index (χ1) is 6.59. The quantitative estimate of drug-likeness (QED) is 0.786. The molecule has 6 heteroatoms. The Morgan fingerprint density at radius 2 is 2.36 bits per heavy atom. The van der Waals surface area contributed by atoms with Crippen LogP contribution in [0.3, 0.4) is 0 Å². The Balaban J connectivity index is 2.85. The maximum atomic E-state index is 10.8. The number of carboxylic acid groups (broad SMARTS) is 1. The van der Waals surface area contributed by atoms with Gasteiger partial charge in [-0.25, -0.2) is 9.78 Å². The van der Waals surface area contributed by atoms with Gasteiger partial charge in [0.05, 0.1) is 16.0 Å². The van der Waals surface area contributed by atoms with Crippen LogP contribution in [0.1, 0.15) is 10.4 Å². The van der Waals surface area contributed by atoms with Crippen LogP contribution in [0.15, 0.2) is 16.9 Å². The molecule has 2 aromatic rings. The first-order valence-corrected chi connectivity index (χ1v) is 4.83. The minimum atomic E-state index is -1.03. The van der Waals surface area contributed by atoms with Gasteiger partial charge in [-0.2, -0.15) is 0 Å². The van der Waals surface area contributed by atoms with Crippen molar-refractivity contribution in [2.75, 3.05) is 0 Å². The first kappa shape index (κ1) is 9.48. The van der Waals surface area contributed by atoms with Gasteiger partial charge in [-0.1, -0.05) is 11.6 Å². The number of fused-ring (bicyclic) bond motifs is 1. The molecule has 0 saturated heterocycles. The number of hydrogen-bond donors (Lipinski definition) is 2. The molecule has 2 rings (SSSR count). The lowest BCUT2D eigenvalue weighted by Crippen LogP contribution is -1.94. The molecule has 4 nitrogen and oxygen atoms in total. The molecule has 0 spiro atoms. The lowest BCUT2D eigenvalue weighted by atomic mass is 10.2. The van der Waals surface area contributed by atoms with Crippen LogP contribution in [-0.2, 0) is 0 Å². The van der Waals surface area contributed by atoms with E-state index in [-0.39, 0.29) is 5.56 Å². The molecule has 0 bridgehead atoms. The van der Waals surface area contributed by atoms with Crippen LogP contribution in [-0.4, -0.2) is 21.0 Å². The summed E-state index contributed by atoms with van der Waals surface area (Å²) in [6, 6.07) is 1.56. The maximum Gasteiger partial charge on any atom is 0.337 e. The monoisotopic (exact) mass is 274 g/mol. The number of hydrogen-bond acceptors (Lipinski definition) is 2. The number of H-pyrrole nitrogens is 1. The normalized spacial score (nSPS) is 10.7.